The summed E-state index contributed by atoms with van der Waals surface area (Å²) < 4.78 is 0. The molecule has 3 heteroatoms. The largest absolute Gasteiger partial charge is 0.325 e. The van der Waals surface area contributed by atoms with Crippen molar-refractivity contribution in [3.8, 4) is 0 Å². The van der Waals surface area contributed by atoms with Crippen LogP contribution in [0.4, 0.5) is 5.69 Å². The second kappa shape index (κ2) is 6.80. The minimum Gasteiger partial charge on any atom is -0.325 e. The number of benzene rings is 2. The summed E-state index contributed by atoms with van der Waals surface area (Å²) in [6.45, 7) is 4.12. The molecule has 1 aliphatic heterocycles. The number of hydrogen-bond acceptors (Lipinski definition) is 2. The third-order valence-electron chi connectivity index (χ3n) is 6.14. The van der Waals surface area contributed by atoms with Crippen molar-refractivity contribution in [2.24, 2.45) is 0 Å². The summed E-state index contributed by atoms with van der Waals surface area (Å²) >= 11 is 0. The monoisotopic (exact) mass is 359 g/mol. The highest BCUT2D eigenvalue weighted by molar-refractivity contribution is 6.06. The SMILES string of the molecule is Cc1ccc([C@H](CC2=CC(=O)CCC2)[C@]2(C)C(=O)Nc3ccccc32)cc1. The summed E-state index contributed by atoms with van der Waals surface area (Å²) in [5, 5.41) is 3.07. The molecule has 2 aliphatic rings. The fraction of sp³-hybridized carbons (Fsp3) is 0.333. The van der Waals surface area contributed by atoms with Gasteiger partial charge < -0.3 is 5.32 Å². The van der Waals surface area contributed by atoms with Gasteiger partial charge in [-0.05, 0) is 56.4 Å². The van der Waals surface area contributed by atoms with Crippen molar-refractivity contribution in [3.05, 3.63) is 76.9 Å². The molecule has 0 saturated heterocycles. The topological polar surface area (TPSA) is 46.2 Å². The van der Waals surface area contributed by atoms with Crippen LogP contribution >= 0.6 is 0 Å². The highest BCUT2D eigenvalue weighted by Gasteiger charge is 2.49. The molecule has 4 rings (SSSR count). The second-order valence-electron chi connectivity index (χ2n) is 7.99. The first kappa shape index (κ1) is 17.7. The predicted molar refractivity (Wildman–Crippen MR) is 108 cm³/mol. The van der Waals surface area contributed by atoms with E-state index in [4.69, 9.17) is 0 Å². The molecule has 3 nitrogen and oxygen atoms in total. The smallest absolute Gasteiger partial charge is 0.235 e. The van der Waals surface area contributed by atoms with Gasteiger partial charge in [0, 0.05) is 18.0 Å². The van der Waals surface area contributed by atoms with Gasteiger partial charge in [-0.25, -0.2) is 0 Å². The first-order valence-corrected chi connectivity index (χ1v) is 9.68. The lowest BCUT2D eigenvalue weighted by Gasteiger charge is -2.34. The lowest BCUT2D eigenvalue weighted by molar-refractivity contribution is -0.121. The van der Waals surface area contributed by atoms with Crippen LogP contribution in [0.3, 0.4) is 0 Å². The van der Waals surface area contributed by atoms with E-state index in [9.17, 15) is 9.59 Å². The Morgan fingerprint density at radius 3 is 2.52 bits per heavy atom. The maximum Gasteiger partial charge on any atom is 0.235 e. The number of ketones is 1. The second-order valence-corrected chi connectivity index (χ2v) is 7.99. The number of carbonyl (C=O) groups excluding carboxylic acids is 2. The Bertz CT molecular complexity index is 926. The third-order valence-corrected chi connectivity index (χ3v) is 6.14. The van der Waals surface area contributed by atoms with E-state index in [0.29, 0.717) is 6.42 Å². The van der Waals surface area contributed by atoms with E-state index < -0.39 is 5.41 Å². The normalized spacial score (nSPS) is 22.8. The van der Waals surface area contributed by atoms with E-state index in [2.05, 4.69) is 42.6 Å². The quantitative estimate of drug-likeness (QED) is 0.829. The number of para-hydroxylation sites is 1. The first-order chi connectivity index (χ1) is 13.0. The standard InChI is InChI=1S/C24H25NO2/c1-16-10-12-18(13-11-16)21(15-17-6-5-7-19(26)14-17)24(2)20-8-3-4-9-22(20)25-23(24)27/h3-4,8-14,21H,5-7,15H2,1-2H3,(H,25,27)/t21-,24+/m0/s1. The number of nitrogens with one attached hydrogen (secondary N) is 1. The van der Waals surface area contributed by atoms with Gasteiger partial charge in [0.1, 0.15) is 0 Å². The summed E-state index contributed by atoms with van der Waals surface area (Å²) in [5.74, 6) is 0.233. The van der Waals surface area contributed by atoms with Crippen LogP contribution < -0.4 is 5.32 Å². The van der Waals surface area contributed by atoms with Crippen LogP contribution in [0.1, 0.15) is 55.2 Å². The summed E-state index contributed by atoms with van der Waals surface area (Å²) in [7, 11) is 0. The zero-order chi connectivity index (χ0) is 19.0. The molecule has 1 amide bonds. The Hall–Kier alpha value is -2.68. The van der Waals surface area contributed by atoms with Gasteiger partial charge in [0.15, 0.2) is 5.78 Å². The Morgan fingerprint density at radius 1 is 1.04 bits per heavy atom. The van der Waals surface area contributed by atoms with Crippen LogP contribution in [0.2, 0.25) is 0 Å². The minimum absolute atomic E-state index is 0.0149. The van der Waals surface area contributed by atoms with E-state index in [1.165, 1.54) is 5.56 Å². The average molecular weight is 359 g/mol. The summed E-state index contributed by atoms with van der Waals surface area (Å²) in [4.78, 5) is 25.1. The molecule has 0 unspecified atom stereocenters. The number of carbonyl (C=O) groups is 2. The lowest BCUT2D eigenvalue weighted by Crippen LogP contribution is -2.38. The number of allylic oxidation sites excluding steroid dienone is 2. The van der Waals surface area contributed by atoms with Gasteiger partial charge in [0.2, 0.25) is 5.91 Å². The summed E-state index contributed by atoms with van der Waals surface area (Å²) in [5.41, 5.74) is 4.79. The zero-order valence-electron chi connectivity index (χ0n) is 15.9. The molecule has 0 fully saturated rings. The van der Waals surface area contributed by atoms with Crippen LogP contribution in [0.15, 0.2) is 60.2 Å². The van der Waals surface area contributed by atoms with Crippen molar-refractivity contribution in [1.82, 2.24) is 0 Å². The third kappa shape index (κ3) is 3.12. The number of rotatable bonds is 4. The number of amides is 1. The molecule has 1 heterocycles. The maximum absolute atomic E-state index is 13.1. The first-order valence-electron chi connectivity index (χ1n) is 9.68. The van der Waals surface area contributed by atoms with Crippen LogP contribution in [-0.2, 0) is 15.0 Å². The predicted octanol–water partition coefficient (Wildman–Crippen LogP) is 5.06. The molecule has 138 valence electrons. The molecule has 2 aromatic carbocycles. The zero-order valence-corrected chi connectivity index (χ0v) is 15.9. The van der Waals surface area contributed by atoms with E-state index in [1.54, 1.807) is 0 Å². The fourth-order valence-corrected chi connectivity index (χ4v) is 4.50. The summed E-state index contributed by atoms with van der Waals surface area (Å²) in [6, 6.07) is 16.4. The maximum atomic E-state index is 13.1. The number of anilines is 1. The molecule has 0 radical (unpaired) electrons. The van der Waals surface area contributed by atoms with Crippen LogP contribution in [0, 0.1) is 6.92 Å². The van der Waals surface area contributed by atoms with Gasteiger partial charge in [0.05, 0.1) is 5.41 Å². The Labute approximate surface area is 160 Å². The molecule has 0 bridgehead atoms. The number of aryl methyl sites for hydroxylation is 1. The molecule has 2 atom stereocenters. The van der Waals surface area contributed by atoms with Gasteiger partial charge in [-0.15, -0.1) is 0 Å². The van der Waals surface area contributed by atoms with Crippen molar-refractivity contribution >= 4 is 17.4 Å². The van der Waals surface area contributed by atoms with Crippen molar-refractivity contribution < 1.29 is 9.59 Å². The van der Waals surface area contributed by atoms with Crippen molar-refractivity contribution in [2.75, 3.05) is 5.32 Å². The van der Waals surface area contributed by atoms with Gasteiger partial charge >= 0.3 is 0 Å². The fourth-order valence-electron chi connectivity index (χ4n) is 4.50. The lowest BCUT2D eigenvalue weighted by atomic mass is 9.66. The van der Waals surface area contributed by atoms with Crippen LogP contribution in [0.5, 0.6) is 0 Å². The van der Waals surface area contributed by atoms with Gasteiger partial charge in [-0.3, -0.25) is 9.59 Å². The molecule has 2 aromatic rings. The molecule has 0 saturated carbocycles. The van der Waals surface area contributed by atoms with Crippen LogP contribution in [0.25, 0.3) is 0 Å². The van der Waals surface area contributed by atoms with Crippen LogP contribution in [-0.4, -0.2) is 11.7 Å². The molecule has 1 N–H and O–H groups in total. The van der Waals surface area contributed by atoms with E-state index in [-0.39, 0.29) is 17.6 Å². The van der Waals surface area contributed by atoms with Gasteiger partial charge in [-0.1, -0.05) is 53.6 Å². The molecular formula is C24H25NO2. The number of fused-ring (bicyclic) bond motifs is 1. The highest BCUT2D eigenvalue weighted by atomic mass is 16.2. The number of hydrogen-bond donors (Lipinski definition) is 1. The van der Waals surface area contributed by atoms with Crippen molar-refractivity contribution in [3.63, 3.8) is 0 Å². The van der Waals surface area contributed by atoms with Gasteiger partial charge in [-0.2, -0.15) is 0 Å². The van der Waals surface area contributed by atoms with E-state index in [1.807, 2.05) is 31.2 Å². The van der Waals surface area contributed by atoms with Crippen molar-refractivity contribution in [1.29, 1.82) is 0 Å². The molecule has 0 aromatic heterocycles. The average Bonchev–Trinajstić information content (AvgIpc) is 2.92. The molecule has 27 heavy (non-hydrogen) atoms. The van der Waals surface area contributed by atoms with Crippen molar-refractivity contribution in [2.45, 2.75) is 50.9 Å². The summed E-state index contributed by atoms with van der Waals surface area (Å²) in [6.07, 6.45) is 5.03. The highest BCUT2D eigenvalue weighted by Crippen LogP contribution is 2.49. The Morgan fingerprint density at radius 2 is 1.78 bits per heavy atom. The molecular weight excluding hydrogens is 334 g/mol. The Balaban J connectivity index is 1.81. The minimum atomic E-state index is -0.660. The molecule has 0 spiro atoms. The Kier molecular flexibility index (Phi) is 4.47. The van der Waals surface area contributed by atoms with E-state index >= 15 is 0 Å². The van der Waals surface area contributed by atoms with Gasteiger partial charge in [0.25, 0.3) is 0 Å². The van der Waals surface area contributed by atoms with E-state index in [0.717, 1.165) is 41.6 Å². The molecule has 1 aliphatic carbocycles.